The number of nitrogen functional groups attached to an aromatic ring is 1. The molecule has 1 aliphatic rings. The van der Waals surface area contributed by atoms with E-state index in [2.05, 4.69) is 10.2 Å². The average Bonchev–Trinajstić information content (AvgIpc) is 3.34. The molecule has 2 aromatic heterocycles. The molecule has 1 saturated heterocycles. The molecule has 3 heterocycles. The molecule has 0 radical (unpaired) electrons. The van der Waals surface area contributed by atoms with Crippen molar-refractivity contribution in [2.45, 2.75) is 0 Å². The van der Waals surface area contributed by atoms with Crippen molar-refractivity contribution >= 4 is 22.6 Å². The molecule has 0 unspecified atom stereocenters. The van der Waals surface area contributed by atoms with Gasteiger partial charge < -0.3 is 20.1 Å². The molecule has 8 heteroatoms. The van der Waals surface area contributed by atoms with Crippen molar-refractivity contribution in [3.05, 3.63) is 90.5 Å². The maximum atomic E-state index is 12.8. The summed E-state index contributed by atoms with van der Waals surface area (Å²) in [5.74, 6) is 1.90. The Morgan fingerprint density at radius 3 is 2.30 bits per heavy atom. The van der Waals surface area contributed by atoms with Crippen LogP contribution >= 0.6 is 0 Å². The van der Waals surface area contributed by atoms with Gasteiger partial charge in [-0.15, -0.1) is 0 Å². The Kier molecular flexibility index (Phi) is 6.00. The molecule has 184 valence electrons. The third-order valence-corrected chi connectivity index (χ3v) is 6.40. The largest absolute Gasteiger partial charge is 0.457 e. The van der Waals surface area contributed by atoms with E-state index in [0.717, 1.165) is 44.9 Å². The fourth-order valence-corrected chi connectivity index (χ4v) is 4.46. The molecule has 0 aliphatic carbocycles. The van der Waals surface area contributed by atoms with Crippen LogP contribution in [0.2, 0.25) is 0 Å². The fourth-order valence-electron chi connectivity index (χ4n) is 4.46. The summed E-state index contributed by atoms with van der Waals surface area (Å²) in [6.07, 6.45) is 0. The first-order chi connectivity index (χ1) is 18.2. The average molecular weight is 492 g/mol. The van der Waals surface area contributed by atoms with Crippen LogP contribution in [0.1, 0.15) is 10.4 Å². The molecule has 8 nitrogen and oxygen atoms in total. The molecule has 1 aliphatic heterocycles. The SMILES string of the molecule is Nc1n[nH]c2cc(-c3ccc(C(=O)N4CCOCC4)cc3)nc(-c3ccc(Oc4ccccc4)cc3)c12. The van der Waals surface area contributed by atoms with Crippen molar-refractivity contribution in [1.82, 2.24) is 20.1 Å². The Labute approximate surface area is 213 Å². The number of amides is 1. The first-order valence-corrected chi connectivity index (χ1v) is 12.1. The van der Waals surface area contributed by atoms with Gasteiger partial charge in [0.25, 0.3) is 5.91 Å². The van der Waals surface area contributed by atoms with Gasteiger partial charge in [0.05, 0.1) is 35.5 Å². The second kappa shape index (κ2) is 9.75. The Morgan fingerprint density at radius 1 is 0.892 bits per heavy atom. The van der Waals surface area contributed by atoms with Crippen LogP contribution in [0, 0.1) is 0 Å². The number of H-pyrrole nitrogens is 1. The van der Waals surface area contributed by atoms with Crippen LogP contribution < -0.4 is 10.5 Å². The Hall–Kier alpha value is -4.69. The van der Waals surface area contributed by atoms with Gasteiger partial charge in [-0.2, -0.15) is 5.10 Å². The smallest absolute Gasteiger partial charge is 0.254 e. The van der Waals surface area contributed by atoms with E-state index in [1.54, 1.807) is 0 Å². The summed E-state index contributed by atoms with van der Waals surface area (Å²) in [6.45, 7) is 2.36. The topological polar surface area (TPSA) is 106 Å². The van der Waals surface area contributed by atoms with E-state index in [9.17, 15) is 4.79 Å². The van der Waals surface area contributed by atoms with Gasteiger partial charge in [-0.25, -0.2) is 4.98 Å². The molecule has 3 N–H and O–H groups in total. The van der Waals surface area contributed by atoms with Gasteiger partial charge in [-0.1, -0.05) is 30.3 Å². The van der Waals surface area contributed by atoms with Crippen molar-refractivity contribution < 1.29 is 14.3 Å². The number of nitrogens with one attached hydrogen (secondary N) is 1. The van der Waals surface area contributed by atoms with Gasteiger partial charge in [0.2, 0.25) is 0 Å². The first-order valence-electron chi connectivity index (χ1n) is 12.1. The standard InChI is InChI=1S/C29H25N5O3/c30-28-26-25(32-33-28)18-24(19-6-8-21(9-7-19)29(35)34-14-16-36-17-15-34)31-27(26)20-10-12-23(13-11-20)37-22-4-2-1-3-5-22/h1-13,18H,14-17H2,(H3,30,32,33). The number of aromatic amines is 1. The molecule has 3 aromatic carbocycles. The van der Waals surface area contributed by atoms with E-state index < -0.39 is 0 Å². The number of morpholine rings is 1. The number of para-hydroxylation sites is 1. The zero-order chi connectivity index (χ0) is 25.2. The van der Waals surface area contributed by atoms with Crippen LogP contribution in [-0.2, 0) is 4.74 Å². The maximum Gasteiger partial charge on any atom is 0.254 e. The summed E-state index contributed by atoms with van der Waals surface area (Å²) in [5.41, 5.74) is 10.9. The van der Waals surface area contributed by atoms with Crippen molar-refractivity contribution in [2.24, 2.45) is 0 Å². The van der Waals surface area contributed by atoms with Gasteiger partial charge in [0.15, 0.2) is 5.82 Å². The van der Waals surface area contributed by atoms with E-state index in [1.165, 1.54) is 0 Å². The molecule has 37 heavy (non-hydrogen) atoms. The van der Waals surface area contributed by atoms with Gasteiger partial charge in [-0.05, 0) is 54.6 Å². The van der Waals surface area contributed by atoms with E-state index in [1.807, 2.05) is 89.8 Å². The van der Waals surface area contributed by atoms with Gasteiger partial charge in [-0.3, -0.25) is 9.89 Å². The zero-order valence-corrected chi connectivity index (χ0v) is 20.1. The lowest BCUT2D eigenvalue weighted by Crippen LogP contribution is -2.40. The van der Waals surface area contributed by atoms with Crippen molar-refractivity contribution in [3.8, 4) is 34.0 Å². The third kappa shape index (κ3) is 4.62. The number of aromatic nitrogens is 3. The lowest BCUT2D eigenvalue weighted by atomic mass is 10.0. The van der Waals surface area contributed by atoms with E-state index >= 15 is 0 Å². The summed E-state index contributed by atoms with van der Waals surface area (Å²) in [5, 5.41) is 7.98. The van der Waals surface area contributed by atoms with E-state index in [-0.39, 0.29) is 5.91 Å². The Bertz CT molecular complexity index is 1540. The molecule has 0 spiro atoms. The van der Waals surface area contributed by atoms with Crippen LogP contribution in [-0.4, -0.2) is 52.3 Å². The molecule has 0 bridgehead atoms. The minimum Gasteiger partial charge on any atom is -0.457 e. The Morgan fingerprint density at radius 2 is 1.57 bits per heavy atom. The lowest BCUT2D eigenvalue weighted by molar-refractivity contribution is 0.0303. The van der Waals surface area contributed by atoms with Crippen LogP contribution in [0.3, 0.4) is 0 Å². The zero-order valence-electron chi connectivity index (χ0n) is 20.1. The fraction of sp³-hybridized carbons (Fsp3) is 0.138. The highest BCUT2D eigenvalue weighted by atomic mass is 16.5. The van der Waals surface area contributed by atoms with Crippen molar-refractivity contribution in [3.63, 3.8) is 0 Å². The number of pyridine rings is 1. The van der Waals surface area contributed by atoms with Crippen LogP contribution in [0.15, 0.2) is 84.9 Å². The van der Waals surface area contributed by atoms with Gasteiger partial charge in [0.1, 0.15) is 11.5 Å². The quantitative estimate of drug-likeness (QED) is 0.353. The second-order valence-corrected chi connectivity index (χ2v) is 8.81. The number of nitrogens with zero attached hydrogens (tertiary/aromatic N) is 3. The van der Waals surface area contributed by atoms with Gasteiger partial charge in [0, 0.05) is 29.8 Å². The molecule has 0 atom stereocenters. The third-order valence-electron chi connectivity index (χ3n) is 6.40. The van der Waals surface area contributed by atoms with Crippen molar-refractivity contribution in [1.29, 1.82) is 0 Å². The second-order valence-electron chi connectivity index (χ2n) is 8.81. The number of rotatable bonds is 5. The molecule has 1 amide bonds. The maximum absolute atomic E-state index is 12.8. The van der Waals surface area contributed by atoms with Crippen LogP contribution in [0.5, 0.6) is 11.5 Å². The molecule has 0 saturated carbocycles. The highest BCUT2D eigenvalue weighted by molar-refractivity contribution is 6.01. The summed E-state index contributed by atoms with van der Waals surface area (Å²) < 4.78 is 11.3. The summed E-state index contributed by atoms with van der Waals surface area (Å²) in [6, 6.07) is 26.8. The number of hydrogen-bond donors (Lipinski definition) is 2. The van der Waals surface area contributed by atoms with E-state index in [4.69, 9.17) is 20.2 Å². The summed E-state index contributed by atoms with van der Waals surface area (Å²) in [7, 11) is 0. The molecular weight excluding hydrogens is 466 g/mol. The molecule has 5 aromatic rings. The number of carbonyl (C=O) groups is 1. The number of carbonyl (C=O) groups excluding carboxylic acids is 1. The molecule has 6 rings (SSSR count). The normalized spacial score (nSPS) is 13.6. The highest BCUT2D eigenvalue weighted by Gasteiger charge is 2.19. The van der Waals surface area contributed by atoms with Crippen LogP contribution in [0.4, 0.5) is 5.82 Å². The highest BCUT2D eigenvalue weighted by Crippen LogP contribution is 2.34. The lowest BCUT2D eigenvalue weighted by Gasteiger charge is -2.26. The first kappa shape index (κ1) is 22.8. The summed E-state index contributed by atoms with van der Waals surface area (Å²) >= 11 is 0. The van der Waals surface area contributed by atoms with Crippen LogP contribution in [0.25, 0.3) is 33.4 Å². The van der Waals surface area contributed by atoms with Gasteiger partial charge >= 0.3 is 0 Å². The minimum absolute atomic E-state index is 0.0121. The monoisotopic (exact) mass is 491 g/mol. The number of anilines is 1. The predicted octanol–water partition coefficient (Wildman–Crippen LogP) is 5.14. The predicted molar refractivity (Wildman–Crippen MR) is 142 cm³/mol. The van der Waals surface area contributed by atoms with E-state index in [0.29, 0.717) is 37.7 Å². The Balaban J connectivity index is 1.32. The number of fused-ring (bicyclic) bond motifs is 1. The molecular formula is C29H25N5O3. The number of benzene rings is 3. The minimum atomic E-state index is 0.0121. The number of ether oxygens (including phenoxy) is 2. The number of hydrogen-bond acceptors (Lipinski definition) is 6. The molecule has 1 fully saturated rings. The number of nitrogens with two attached hydrogens (primary N) is 1. The summed E-state index contributed by atoms with van der Waals surface area (Å²) in [4.78, 5) is 19.6. The van der Waals surface area contributed by atoms with Crippen molar-refractivity contribution in [2.75, 3.05) is 32.0 Å².